The van der Waals surface area contributed by atoms with Crippen molar-refractivity contribution in [1.29, 1.82) is 0 Å². The lowest BCUT2D eigenvalue weighted by molar-refractivity contribution is -0.156. The smallest absolute Gasteiger partial charge is 0.356 e. The van der Waals surface area contributed by atoms with Gasteiger partial charge in [0.2, 0.25) is 11.8 Å². The number of aliphatic carboxylic acids is 1. The molecule has 3 aliphatic heterocycles. The number of hydrogen-bond acceptors (Lipinski definition) is 5. The fourth-order valence-corrected chi connectivity index (χ4v) is 3.28. The maximum Gasteiger partial charge on any atom is 0.356 e. The van der Waals surface area contributed by atoms with Crippen molar-refractivity contribution in [3.8, 4) is 0 Å². The first-order valence-electron chi connectivity index (χ1n) is 8.00. The minimum Gasteiger partial charge on any atom is -0.489 e. The summed E-state index contributed by atoms with van der Waals surface area (Å²) in [4.78, 5) is 38.8. The molecule has 8 nitrogen and oxygen atoms in total. The quantitative estimate of drug-likeness (QED) is 0.537. The lowest BCUT2D eigenvalue weighted by Crippen LogP contribution is -2.71. The van der Waals surface area contributed by atoms with E-state index in [1.807, 2.05) is 13.8 Å². The molecule has 0 aromatic carbocycles. The number of nitrogens with two attached hydrogens (primary N) is 1. The summed E-state index contributed by atoms with van der Waals surface area (Å²) in [6.07, 6.45) is 1.99. The zero-order chi connectivity index (χ0) is 17.6. The summed E-state index contributed by atoms with van der Waals surface area (Å²) >= 11 is 0. The number of amides is 2. The summed E-state index contributed by atoms with van der Waals surface area (Å²) in [7, 11) is 0. The number of likely N-dealkylation sites (tertiary alicyclic amines) is 1. The Morgan fingerprint density at radius 2 is 2.17 bits per heavy atom. The highest BCUT2D eigenvalue weighted by molar-refractivity contribution is 6.01. The zero-order valence-electron chi connectivity index (χ0n) is 13.7. The van der Waals surface area contributed by atoms with Crippen LogP contribution in [-0.2, 0) is 19.1 Å². The van der Waals surface area contributed by atoms with Gasteiger partial charge in [-0.2, -0.15) is 0 Å². The highest BCUT2D eigenvalue weighted by atomic mass is 16.5. The average molecular weight is 335 g/mol. The molecule has 3 rings (SSSR count). The summed E-state index contributed by atoms with van der Waals surface area (Å²) in [6.45, 7) is 5.46. The number of nitrogens with zero attached hydrogens (tertiary/aromatic N) is 2. The highest BCUT2D eigenvalue weighted by Gasteiger charge is 2.52. The monoisotopic (exact) mass is 335 g/mol. The molecule has 2 amide bonds. The second kappa shape index (κ2) is 5.94. The largest absolute Gasteiger partial charge is 0.489 e. The van der Waals surface area contributed by atoms with Gasteiger partial charge in [-0.3, -0.25) is 14.5 Å². The minimum atomic E-state index is -1.27. The van der Waals surface area contributed by atoms with Gasteiger partial charge in [-0.1, -0.05) is 13.8 Å². The van der Waals surface area contributed by atoms with Gasteiger partial charge in [0.15, 0.2) is 11.5 Å². The van der Waals surface area contributed by atoms with E-state index in [1.165, 1.54) is 6.08 Å². The molecule has 130 valence electrons. The highest BCUT2D eigenvalue weighted by Crippen LogP contribution is 2.33. The number of ether oxygens (including phenoxy) is 1. The summed E-state index contributed by atoms with van der Waals surface area (Å²) in [6, 6.07) is -1.19. The maximum absolute atomic E-state index is 12.4. The average Bonchev–Trinajstić information content (AvgIpc) is 2.86. The van der Waals surface area contributed by atoms with Gasteiger partial charge in [0.25, 0.3) is 0 Å². The van der Waals surface area contributed by atoms with E-state index in [0.717, 1.165) is 4.90 Å². The van der Waals surface area contributed by atoms with Crippen LogP contribution in [-0.4, -0.2) is 64.5 Å². The molecule has 0 saturated carbocycles. The van der Waals surface area contributed by atoms with Crippen LogP contribution >= 0.6 is 0 Å². The van der Waals surface area contributed by atoms with Crippen molar-refractivity contribution in [3.05, 3.63) is 23.1 Å². The molecular formula is C16H21N3O5. The SMILES string of the molecule is CC(C)CN1CC/C(=C\C2=C(C(=O)O)N3C(=O)[C@@H](N)[C@H]3CO2)C1=O. The molecule has 0 radical (unpaired) electrons. The van der Waals surface area contributed by atoms with Crippen LogP contribution in [0.15, 0.2) is 23.1 Å². The van der Waals surface area contributed by atoms with Crippen LogP contribution in [0.25, 0.3) is 0 Å². The number of hydrogen-bond donors (Lipinski definition) is 2. The van der Waals surface area contributed by atoms with Crippen LogP contribution in [0.5, 0.6) is 0 Å². The van der Waals surface area contributed by atoms with Gasteiger partial charge < -0.3 is 20.5 Å². The van der Waals surface area contributed by atoms with E-state index >= 15 is 0 Å². The van der Waals surface area contributed by atoms with E-state index in [4.69, 9.17) is 10.5 Å². The molecule has 8 heteroatoms. The van der Waals surface area contributed by atoms with E-state index in [-0.39, 0.29) is 24.0 Å². The zero-order valence-corrected chi connectivity index (χ0v) is 13.7. The third-order valence-electron chi connectivity index (χ3n) is 4.46. The third-order valence-corrected chi connectivity index (χ3v) is 4.46. The number of fused-ring (bicyclic) bond motifs is 1. The lowest BCUT2D eigenvalue weighted by atomic mass is 9.93. The summed E-state index contributed by atoms with van der Waals surface area (Å²) < 4.78 is 5.51. The third kappa shape index (κ3) is 2.56. The van der Waals surface area contributed by atoms with Gasteiger partial charge in [-0.25, -0.2) is 4.79 Å². The van der Waals surface area contributed by atoms with Crippen LogP contribution < -0.4 is 5.73 Å². The molecule has 2 saturated heterocycles. The van der Waals surface area contributed by atoms with Gasteiger partial charge >= 0.3 is 5.97 Å². The summed E-state index contributed by atoms with van der Waals surface area (Å²) in [5, 5.41) is 9.45. The number of carboxylic acids is 1. The van der Waals surface area contributed by atoms with Gasteiger partial charge in [-0.05, 0) is 18.4 Å². The maximum atomic E-state index is 12.4. The molecule has 0 spiro atoms. The first-order valence-corrected chi connectivity index (χ1v) is 8.00. The molecule has 3 aliphatic rings. The Labute approximate surface area is 139 Å². The fraction of sp³-hybridized carbons (Fsp3) is 0.562. The molecule has 24 heavy (non-hydrogen) atoms. The molecule has 0 aromatic heterocycles. The predicted octanol–water partition coefficient (Wildman–Crippen LogP) is -0.334. The van der Waals surface area contributed by atoms with Crippen LogP contribution in [0.1, 0.15) is 20.3 Å². The number of rotatable bonds is 4. The molecule has 0 aliphatic carbocycles. The van der Waals surface area contributed by atoms with E-state index in [0.29, 0.717) is 31.0 Å². The molecule has 2 atom stereocenters. The van der Waals surface area contributed by atoms with E-state index < -0.39 is 24.0 Å². The van der Waals surface area contributed by atoms with Gasteiger partial charge in [0.05, 0.1) is 6.04 Å². The molecule has 0 aromatic rings. The Kier molecular flexibility index (Phi) is 4.08. The van der Waals surface area contributed by atoms with Crippen molar-refractivity contribution in [3.63, 3.8) is 0 Å². The normalized spacial score (nSPS) is 28.4. The van der Waals surface area contributed by atoms with Crippen molar-refractivity contribution < 1.29 is 24.2 Å². The van der Waals surface area contributed by atoms with Crippen molar-refractivity contribution in [1.82, 2.24) is 9.80 Å². The minimum absolute atomic E-state index is 0.0498. The first kappa shape index (κ1) is 16.5. The molecule has 3 N–H and O–H groups in total. The van der Waals surface area contributed by atoms with Crippen LogP contribution in [0, 0.1) is 5.92 Å². The lowest BCUT2D eigenvalue weighted by Gasteiger charge is -2.47. The van der Waals surface area contributed by atoms with Gasteiger partial charge in [0, 0.05) is 18.7 Å². The van der Waals surface area contributed by atoms with E-state index in [1.54, 1.807) is 4.90 Å². The summed E-state index contributed by atoms with van der Waals surface area (Å²) in [5.74, 6) is -1.41. The topological polar surface area (TPSA) is 113 Å². The standard InChI is InChI=1S/C16H21N3O5/c1-8(2)6-18-4-3-9(14(18)20)5-11-13(16(22)23)19-10(7-24-11)12(17)15(19)21/h5,8,10,12H,3-4,6-7,17H2,1-2H3,(H,22,23)/b9-5+/t10-,12+/m1/s1. The number of allylic oxidation sites excluding steroid dienone is 1. The van der Waals surface area contributed by atoms with E-state index in [2.05, 4.69) is 0 Å². The van der Waals surface area contributed by atoms with E-state index in [9.17, 15) is 19.5 Å². The van der Waals surface area contributed by atoms with Crippen molar-refractivity contribution in [2.24, 2.45) is 11.7 Å². The molecule has 0 unspecified atom stereocenters. The van der Waals surface area contributed by atoms with Gasteiger partial charge in [-0.15, -0.1) is 0 Å². The second-order valence-electron chi connectivity index (χ2n) is 6.69. The Balaban J connectivity index is 1.89. The Bertz CT molecular complexity index is 667. The predicted molar refractivity (Wildman–Crippen MR) is 83.3 cm³/mol. The molecule has 0 bridgehead atoms. The number of β-lactam (4-membered cyclic amide) rings is 1. The van der Waals surface area contributed by atoms with Gasteiger partial charge in [0.1, 0.15) is 12.6 Å². The number of carbonyl (C=O) groups excluding carboxylic acids is 2. The van der Waals surface area contributed by atoms with Crippen LogP contribution in [0.4, 0.5) is 0 Å². The van der Waals surface area contributed by atoms with Crippen LogP contribution in [0.2, 0.25) is 0 Å². The summed E-state index contributed by atoms with van der Waals surface area (Å²) in [5.41, 5.74) is 5.94. The molecular weight excluding hydrogens is 314 g/mol. The fourth-order valence-electron chi connectivity index (χ4n) is 3.28. The number of carbonyl (C=O) groups is 3. The molecule has 3 heterocycles. The Morgan fingerprint density at radius 3 is 2.79 bits per heavy atom. The van der Waals surface area contributed by atoms with Crippen LogP contribution in [0.3, 0.4) is 0 Å². The number of carboxylic acid groups (broad SMARTS) is 1. The Morgan fingerprint density at radius 1 is 1.46 bits per heavy atom. The Hall–Kier alpha value is -2.35. The van der Waals surface area contributed by atoms with Crippen molar-refractivity contribution >= 4 is 17.8 Å². The second-order valence-corrected chi connectivity index (χ2v) is 6.69. The van der Waals surface area contributed by atoms with Crippen molar-refractivity contribution in [2.75, 3.05) is 19.7 Å². The molecule has 2 fully saturated rings. The first-order chi connectivity index (χ1) is 11.3. The van der Waals surface area contributed by atoms with Crippen molar-refractivity contribution in [2.45, 2.75) is 32.4 Å².